The first-order valence-corrected chi connectivity index (χ1v) is 9.97. The standard InChI is InChI=1S/C21H33N3O/c1-24(2)21(12-16-6-3-4-7-17(16)13-21)15-23-19-9-5-8-18(19)20-14-25-11-10-22-20/h3-4,6-7,18-20,22-23H,5,8-15H2,1-2H3. The van der Waals surface area contributed by atoms with Gasteiger partial charge in [-0.15, -0.1) is 0 Å². The highest BCUT2D eigenvalue weighted by Crippen LogP contribution is 2.35. The summed E-state index contributed by atoms with van der Waals surface area (Å²) in [5, 5.41) is 7.68. The molecule has 0 amide bonds. The highest BCUT2D eigenvalue weighted by atomic mass is 16.5. The third-order valence-corrected chi connectivity index (χ3v) is 6.84. The molecule has 0 radical (unpaired) electrons. The molecule has 3 unspecified atom stereocenters. The van der Waals surface area contributed by atoms with Crippen molar-refractivity contribution in [3.8, 4) is 0 Å². The van der Waals surface area contributed by atoms with Gasteiger partial charge in [0.2, 0.25) is 0 Å². The zero-order chi connectivity index (χ0) is 17.3. The van der Waals surface area contributed by atoms with Crippen molar-refractivity contribution in [3.63, 3.8) is 0 Å². The van der Waals surface area contributed by atoms with E-state index in [1.807, 2.05) is 0 Å². The zero-order valence-electron chi connectivity index (χ0n) is 15.8. The van der Waals surface area contributed by atoms with E-state index in [4.69, 9.17) is 4.74 Å². The van der Waals surface area contributed by atoms with E-state index in [0.29, 0.717) is 18.0 Å². The molecule has 0 aromatic heterocycles. The fourth-order valence-electron chi connectivity index (χ4n) is 5.18. The van der Waals surface area contributed by atoms with Gasteiger partial charge in [0.05, 0.1) is 13.2 Å². The van der Waals surface area contributed by atoms with Crippen LogP contribution in [-0.4, -0.2) is 62.9 Å². The summed E-state index contributed by atoms with van der Waals surface area (Å²) in [5.41, 5.74) is 3.28. The van der Waals surface area contributed by atoms with E-state index in [-0.39, 0.29) is 5.54 Å². The molecule has 2 fully saturated rings. The van der Waals surface area contributed by atoms with Gasteiger partial charge in [-0.05, 0) is 56.8 Å². The van der Waals surface area contributed by atoms with Gasteiger partial charge in [-0.2, -0.15) is 0 Å². The molecule has 4 rings (SSSR count). The SMILES string of the molecule is CN(C)C1(CNC2CCCC2C2COCCN2)Cc2ccccc2C1. The zero-order valence-corrected chi connectivity index (χ0v) is 15.8. The maximum Gasteiger partial charge on any atom is 0.0623 e. The van der Waals surface area contributed by atoms with E-state index in [1.165, 1.54) is 30.4 Å². The second-order valence-electron chi connectivity index (χ2n) is 8.46. The molecule has 0 bridgehead atoms. The van der Waals surface area contributed by atoms with Crippen LogP contribution in [0.4, 0.5) is 0 Å². The van der Waals surface area contributed by atoms with Crippen LogP contribution in [0.15, 0.2) is 24.3 Å². The van der Waals surface area contributed by atoms with Gasteiger partial charge in [0.15, 0.2) is 0 Å². The summed E-state index contributed by atoms with van der Waals surface area (Å²) in [6.07, 6.45) is 6.29. The molecule has 138 valence electrons. The van der Waals surface area contributed by atoms with Crippen LogP contribution in [0.2, 0.25) is 0 Å². The highest BCUT2D eigenvalue weighted by Gasteiger charge is 2.41. The molecule has 2 N–H and O–H groups in total. The number of fused-ring (bicyclic) bond motifs is 1. The van der Waals surface area contributed by atoms with Gasteiger partial charge < -0.3 is 20.3 Å². The molecular formula is C21H33N3O. The van der Waals surface area contributed by atoms with Gasteiger partial charge in [-0.1, -0.05) is 30.7 Å². The van der Waals surface area contributed by atoms with Crippen LogP contribution in [0.1, 0.15) is 30.4 Å². The van der Waals surface area contributed by atoms with Crippen LogP contribution < -0.4 is 10.6 Å². The van der Waals surface area contributed by atoms with E-state index in [9.17, 15) is 0 Å². The number of nitrogens with one attached hydrogen (secondary N) is 2. The van der Waals surface area contributed by atoms with Gasteiger partial charge in [-0.25, -0.2) is 0 Å². The maximum atomic E-state index is 5.72. The Morgan fingerprint density at radius 2 is 1.96 bits per heavy atom. The second kappa shape index (κ2) is 7.36. The number of ether oxygens (including phenoxy) is 1. The van der Waals surface area contributed by atoms with Crippen molar-refractivity contribution in [1.82, 2.24) is 15.5 Å². The highest BCUT2D eigenvalue weighted by molar-refractivity contribution is 5.36. The number of likely N-dealkylation sites (N-methyl/N-ethyl adjacent to an activating group) is 1. The first-order chi connectivity index (χ1) is 12.2. The van der Waals surface area contributed by atoms with E-state index in [1.54, 1.807) is 0 Å². The van der Waals surface area contributed by atoms with Crippen LogP contribution in [0.5, 0.6) is 0 Å². The molecule has 1 saturated heterocycles. The van der Waals surface area contributed by atoms with Crippen LogP contribution >= 0.6 is 0 Å². The molecule has 1 saturated carbocycles. The lowest BCUT2D eigenvalue weighted by Crippen LogP contribution is -2.57. The van der Waals surface area contributed by atoms with E-state index >= 15 is 0 Å². The summed E-state index contributed by atoms with van der Waals surface area (Å²) >= 11 is 0. The minimum absolute atomic E-state index is 0.216. The molecule has 1 aromatic rings. The Morgan fingerprint density at radius 3 is 2.60 bits per heavy atom. The predicted molar refractivity (Wildman–Crippen MR) is 102 cm³/mol. The van der Waals surface area contributed by atoms with Crippen molar-refractivity contribution in [2.75, 3.05) is 40.4 Å². The molecule has 1 aromatic carbocycles. The molecule has 3 aliphatic rings. The normalized spacial score (nSPS) is 31.4. The number of hydrogen-bond donors (Lipinski definition) is 2. The quantitative estimate of drug-likeness (QED) is 0.855. The summed E-state index contributed by atoms with van der Waals surface area (Å²) in [6.45, 7) is 3.82. The third kappa shape index (κ3) is 3.50. The summed E-state index contributed by atoms with van der Waals surface area (Å²) in [5.74, 6) is 0.711. The number of rotatable bonds is 5. The van der Waals surface area contributed by atoms with Crippen molar-refractivity contribution in [2.24, 2.45) is 5.92 Å². The number of nitrogens with zero attached hydrogens (tertiary/aromatic N) is 1. The molecule has 4 heteroatoms. The monoisotopic (exact) mass is 343 g/mol. The fraction of sp³-hybridized carbons (Fsp3) is 0.714. The van der Waals surface area contributed by atoms with Crippen molar-refractivity contribution >= 4 is 0 Å². The Kier molecular flexibility index (Phi) is 5.14. The molecule has 1 heterocycles. The molecule has 2 aliphatic carbocycles. The van der Waals surface area contributed by atoms with E-state index < -0.39 is 0 Å². The van der Waals surface area contributed by atoms with Crippen LogP contribution in [0, 0.1) is 5.92 Å². The Balaban J connectivity index is 1.42. The van der Waals surface area contributed by atoms with Crippen molar-refractivity contribution in [3.05, 3.63) is 35.4 Å². The van der Waals surface area contributed by atoms with E-state index in [2.05, 4.69) is 53.9 Å². The summed E-state index contributed by atoms with van der Waals surface area (Å²) in [6, 6.07) is 10.1. The Bertz CT molecular complexity index is 557. The third-order valence-electron chi connectivity index (χ3n) is 6.84. The molecule has 25 heavy (non-hydrogen) atoms. The molecule has 4 nitrogen and oxygen atoms in total. The van der Waals surface area contributed by atoms with Gasteiger partial charge in [0, 0.05) is 30.7 Å². The number of hydrogen-bond acceptors (Lipinski definition) is 4. The van der Waals surface area contributed by atoms with Gasteiger partial charge in [0.1, 0.15) is 0 Å². The lowest BCUT2D eigenvalue weighted by atomic mass is 9.90. The van der Waals surface area contributed by atoms with Crippen LogP contribution in [0.25, 0.3) is 0 Å². The van der Waals surface area contributed by atoms with Gasteiger partial charge in [0.25, 0.3) is 0 Å². The summed E-state index contributed by atoms with van der Waals surface area (Å²) < 4.78 is 5.72. The molecular weight excluding hydrogens is 310 g/mol. The largest absolute Gasteiger partial charge is 0.379 e. The minimum atomic E-state index is 0.216. The van der Waals surface area contributed by atoms with Crippen molar-refractivity contribution in [1.29, 1.82) is 0 Å². The number of benzene rings is 1. The number of morpholine rings is 1. The smallest absolute Gasteiger partial charge is 0.0623 e. The van der Waals surface area contributed by atoms with Crippen LogP contribution in [0.3, 0.4) is 0 Å². The average molecular weight is 344 g/mol. The lowest BCUT2D eigenvalue weighted by Gasteiger charge is -2.39. The summed E-state index contributed by atoms with van der Waals surface area (Å²) in [7, 11) is 4.49. The average Bonchev–Trinajstić information content (AvgIpc) is 3.25. The van der Waals surface area contributed by atoms with Crippen molar-refractivity contribution < 1.29 is 4.74 Å². The Morgan fingerprint density at radius 1 is 1.20 bits per heavy atom. The molecule has 3 atom stereocenters. The van der Waals surface area contributed by atoms with E-state index in [0.717, 1.165) is 39.1 Å². The first-order valence-electron chi connectivity index (χ1n) is 9.97. The fourth-order valence-corrected chi connectivity index (χ4v) is 5.18. The minimum Gasteiger partial charge on any atom is -0.379 e. The van der Waals surface area contributed by atoms with Crippen molar-refractivity contribution in [2.45, 2.75) is 49.7 Å². The lowest BCUT2D eigenvalue weighted by molar-refractivity contribution is 0.0508. The maximum absolute atomic E-state index is 5.72. The molecule has 0 spiro atoms. The Labute approximate surface area is 152 Å². The first kappa shape index (κ1) is 17.5. The summed E-state index contributed by atoms with van der Waals surface area (Å²) in [4.78, 5) is 2.45. The topological polar surface area (TPSA) is 36.5 Å². The van der Waals surface area contributed by atoms with Gasteiger partial charge in [-0.3, -0.25) is 0 Å². The van der Waals surface area contributed by atoms with Crippen LogP contribution in [-0.2, 0) is 17.6 Å². The Hall–Kier alpha value is -0.940. The predicted octanol–water partition coefficient (Wildman–Crippen LogP) is 1.83. The second-order valence-corrected chi connectivity index (χ2v) is 8.46. The van der Waals surface area contributed by atoms with Gasteiger partial charge >= 0.3 is 0 Å². The molecule has 1 aliphatic heterocycles.